The molecule has 2 nitrogen and oxygen atoms in total. The van der Waals surface area contributed by atoms with E-state index in [9.17, 15) is 4.79 Å². The van der Waals surface area contributed by atoms with Crippen LogP contribution in [0.3, 0.4) is 0 Å². The van der Waals surface area contributed by atoms with Crippen LogP contribution in [0.2, 0.25) is 0 Å². The minimum absolute atomic E-state index is 0.630. The predicted octanol–water partition coefficient (Wildman–Crippen LogP) is 2.42. The normalized spacial score (nSPS) is 38.3. The van der Waals surface area contributed by atoms with Gasteiger partial charge in [0.15, 0.2) is 8.66 Å². The number of carbonyl (C=O) groups is 1. The Kier molecular flexibility index (Phi) is 1.80. The van der Waals surface area contributed by atoms with E-state index in [4.69, 9.17) is 28.3 Å². The zero-order valence-electron chi connectivity index (χ0n) is 5.99. The summed E-state index contributed by atoms with van der Waals surface area (Å²) in [4.78, 5) is 10.7. The van der Waals surface area contributed by atoms with Crippen LogP contribution in [0, 0.1) is 5.41 Å². The third-order valence-corrected chi connectivity index (χ3v) is 6.20. The lowest BCUT2D eigenvalue weighted by Crippen LogP contribution is -2.22. The lowest BCUT2D eigenvalue weighted by atomic mass is 10.1. The van der Waals surface area contributed by atoms with Gasteiger partial charge in [-0.25, -0.2) is 0 Å². The second kappa shape index (κ2) is 2.06. The maximum Gasteiger partial charge on any atom is 0.324 e. The summed E-state index contributed by atoms with van der Waals surface area (Å²) < 4.78 is -2.41. The van der Waals surface area contributed by atoms with Crippen molar-refractivity contribution < 1.29 is 9.90 Å². The monoisotopic (exact) mass is 260 g/mol. The SMILES string of the molecule is CC1(C)C(Cl)(Cl)C1(Br)C(=O)O. The summed E-state index contributed by atoms with van der Waals surface area (Å²) in [5.74, 6) is -1.02. The van der Waals surface area contributed by atoms with E-state index in [0.29, 0.717) is 0 Å². The molecule has 1 rings (SSSR count). The van der Waals surface area contributed by atoms with Gasteiger partial charge in [0.2, 0.25) is 0 Å². The molecule has 0 radical (unpaired) electrons. The number of rotatable bonds is 1. The number of hydrogen-bond donors (Lipinski definition) is 1. The maximum absolute atomic E-state index is 10.7. The highest BCUT2D eigenvalue weighted by atomic mass is 79.9. The standard InChI is InChI=1S/C6H7BrCl2O2/c1-4(2)5(7,3(10)11)6(4,8)9/h1-2H3,(H,10,11). The lowest BCUT2D eigenvalue weighted by Gasteiger charge is -2.02. The zero-order chi connectivity index (χ0) is 9.08. The lowest BCUT2D eigenvalue weighted by molar-refractivity contribution is -0.137. The van der Waals surface area contributed by atoms with E-state index in [1.54, 1.807) is 13.8 Å². The Balaban J connectivity index is 3.06. The Labute approximate surface area is 83.0 Å². The van der Waals surface area contributed by atoms with Crippen molar-refractivity contribution in [2.24, 2.45) is 5.41 Å². The Hall–Kier alpha value is 0.530. The Bertz CT molecular complexity index is 211. The van der Waals surface area contributed by atoms with Crippen molar-refractivity contribution in [1.29, 1.82) is 0 Å². The quantitative estimate of drug-likeness (QED) is 0.737. The molecule has 1 unspecified atom stereocenters. The first kappa shape index (κ1) is 9.62. The largest absolute Gasteiger partial charge is 0.480 e. The van der Waals surface area contributed by atoms with E-state index < -0.39 is 20.0 Å². The zero-order valence-corrected chi connectivity index (χ0v) is 9.09. The van der Waals surface area contributed by atoms with Gasteiger partial charge < -0.3 is 5.11 Å². The van der Waals surface area contributed by atoms with E-state index in [1.807, 2.05) is 0 Å². The average molecular weight is 262 g/mol. The van der Waals surface area contributed by atoms with E-state index >= 15 is 0 Å². The molecule has 0 saturated heterocycles. The highest BCUT2D eigenvalue weighted by Gasteiger charge is 2.85. The van der Waals surface area contributed by atoms with Gasteiger partial charge in [-0.3, -0.25) is 4.79 Å². The third-order valence-electron chi connectivity index (χ3n) is 2.31. The third kappa shape index (κ3) is 0.771. The summed E-state index contributed by atoms with van der Waals surface area (Å²) in [5.41, 5.74) is -0.630. The molecule has 5 heteroatoms. The van der Waals surface area contributed by atoms with Crippen LogP contribution in [0.4, 0.5) is 0 Å². The molecule has 0 bridgehead atoms. The summed E-state index contributed by atoms with van der Waals surface area (Å²) in [6.07, 6.45) is 0. The Morgan fingerprint density at radius 3 is 1.73 bits per heavy atom. The minimum atomic E-state index is -1.22. The van der Waals surface area contributed by atoms with Gasteiger partial charge in [0, 0.05) is 5.41 Å². The molecule has 0 aromatic rings. The Morgan fingerprint density at radius 2 is 1.73 bits per heavy atom. The first-order valence-electron chi connectivity index (χ1n) is 2.99. The molecule has 1 atom stereocenters. The second-order valence-corrected chi connectivity index (χ2v) is 5.68. The van der Waals surface area contributed by atoms with Gasteiger partial charge >= 0.3 is 5.97 Å². The highest BCUT2D eigenvalue weighted by Crippen LogP contribution is 2.75. The van der Waals surface area contributed by atoms with Crippen molar-refractivity contribution in [3.05, 3.63) is 0 Å². The minimum Gasteiger partial charge on any atom is -0.480 e. The summed E-state index contributed by atoms with van der Waals surface area (Å²) in [5, 5.41) is 8.77. The van der Waals surface area contributed by atoms with Gasteiger partial charge in [0.1, 0.15) is 0 Å². The number of hydrogen-bond acceptors (Lipinski definition) is 1. The van der Waals surface area contributed by atoms with Crippen LogP contribution in [-0.4, -0.2) is 19.7 Å². The summed E-state index contributed by atoms with van der Waals surface area (Å²) in [7, 11) is 0. The molecule has 1 aliphatic rings. The van der Waals surface area contributed by atoms with E-state index in [0.717, 1.165) is 0 Å². The van der Waals surface area contributed by atoms with Crippen LogP contribution in [0.5, 0.6) is 0 Å². The van der Waals surface area contributed by atoms with Crippen LogP contribution in [-0.2, 0) is 4.79 Å². The van der Waals surface area contributed by atoms with Crippen molar-refractivity contribution in [2.45, 2.75) is 22.5 Å². The van der Waals surface area contributed by atoms with Gasteiger partial charge in [-0.2, -0.15) is 0 Å². The molecule has 0 aromatic heterocycles. The molecule has 0 heterocycles. The van der Waals surface area contributed by atoms with Gasteiger partial charge in [-0.1, -0.05) is 53.0 Å². The molecule has 0 amide bonds. The summed E-state index contributed by atoms with van der Waals surface area (Å²) in [6.45, 7) is 3.41. The molecule has 64 valence electrons. The predicted molar refractivity (Wildman–Crippen MR) is 47.5 cm³/mol. The summed E-state index contributed by atoms with van der Waals surface area (Å²) >= 11 is 14.6. The fraction of sp³-hybridized carbons (Fsp3) is 0.833. The molecule has 0 spiro atoms. The fourth-order valence-corrected chi connectivity index (χ4v) is 2.87. The van der Waals surface area contributed by atoms with Gasteiger partial charge in [-0.15, -0.1) is 0 Å². The smallest absolute Gasteiger partial charge is 0.324 e. The number of carboxylic acid groups (broad SMARTS) is 1. The molecule has 0 aromatic carbocycles. The molecule has 1 aliphatic carbocycles. The van der Waals surface area contributed by atoms with Crippen molar-refractivity contribution in [3.63, 3.8) is 0 Å². The molecule has 1 saturated carbocycles. The van der Waals surface area contributed by atoms with E-state index in [-0.39, 0.29) is 0 Å². The fourth-order valence-electron chi connectivity index (χ4n) is 1.12. The first-order valence-corrected chi connectivity index (χ1v) is 4.54. The van der Waals surface area contributed by atoms with Crippen molar-refractivity contribution >= 4 is 45.1 Å². The van der Waals surface area contributed by atoms with Crippen LogP contribution in [0.25, 0.3) is 0 Å². The number of carboxylic acids is 1. The first-order chi connectivity index (χ1) is 4.69. The Morgan fingerprint density at radius 1 is 1.45 bits per heavy atom. The molecule has 1 N–H and O–H groups in total. The van der Waals surface area contributed by atoms with Crippen LogP contribution in [0.15, 0.2) is 0 Å². The highest BCUT2D eigenvalue weighted by molar-refractivity contribution is 9.10. The van der Waals surface area contributed by atoms with Crippen LogP contribution in [0.1, 0.15) is 13.8 Å². The van der Waals surface area contributed by atoms with Crippen molar-refractivity contribution in [2.75, 3.05) is 0 Å². The van der Waals surface area contributed by atoms with Crippen LogP contribution >= 0.6 is 39.1 Å². The molecular weight excluding hydrogens is 255 g/mol. The van der Waals surface area contributed by atoms with Crippen LogP contribution < -0.4 is 0 Å². The van der Waals surface area contributed by atoms with Crippen molar-refractivity contribution in [1.82, 2.24) is 0 Å². The number of alkyl halides is 3. The average Bonchev–Trinajstić information content (AvgIpc) is 2.11. The van der Waals surface area contributed by atoms with E-state index in [2.05, 4.69) is 15.9 Å². The van der Waals surface area contributed by atoms with Gasteiger partial charge in [0.05, 0.1) is 0 Å². The van der Waals surface area contributed by atoms with Gasteiger partial charge in [0.25, 0.3) is 0 Å². The second-order valence-electron chi connectivity index (χ2n) is 3.16. The van der Waals surface area contributed by atoms with Gasteiger partial charge in [-0.05, 0) is 0 Å². The molecule has 1 fully saturated rings. The topological polar surface area (TPSA) is 37.3 Å². The summed E-state index contributed by atoms with van der Waals surface area (Å²) in [6, 6.07) is 0. The molecular formula is C6H7BrCl2O2. The van der Waals surface area contributed by atoms with Crippen molar-refractivity contribution in [3.8, 4) is 0 Å². The van der Waals surface area contributed by atoms with E-state index in [1.165, 1.54) is 0 Å². The maximum atomic E-state index is 10.7. The number of aliphatic carboxylic acids is 1. The number of halogens is 3. The molecule has 0 aliphatic heterocycles. The molecule has 11 heavy (non-hydrogen) atoms.